The van der Waals surface area contributed by atoms with Crippen molar-refractivity contribution in [3.63, 3.8) is 0 Å². The summed E-state index contributed by atoms with van der Waals surface area (Å²) in [5, 5.41) is -0.513. The van der Waals surface area contributed by atoms with Gasteiger partial charge in [-0.25, -0.2) is 0 Å². The number of hydrogen-bond acceptors (Lipinski definition) is 3. The Morgan fingerprint density at radius 2 is 1.93 bits per heavy atom. The summed E-state index contributed by atoms with van der Waals surface area (Å²) in [6.07, 6.45) is 4.29. The summed E-state index contributed by atoms with van der Waals surface area (Å²) in [5.74, 6) is 0.0248. The standard InChI is InChI=1S/C12H20O2S/c1-9(2)6-5-7-12(4,10(3)14)11(15)8-13/h6,8,11,15H,5,7H2,1-4H3. The summed E-state index contributed by atoms with van der Waals surface area (Å²) in [6, 6.07) is 0. The van der Waals surface area contributed by atoms with Crippen molar-refractivity contribution < 1.29 is 9.59 Å². The molecule has 2 unspecified atom stereocenters. The fourth-order valence-corrected chi connectivity index (χ4v) is 1.65. The van der Waals surface area contributed by atoms with Crippen molar-refractivity contribution in [2.24, 2.45) is 5.41 Å². The second-order valence-electron chi connectivity index (χ2n) is 4.37. The molecule has 0 saturated carbocycles. The zero-order chi connectivity index (χ0) is 12.1. The zero-order valence-electron chi connectivity index (χ0n) is 9.91. The van der Waals surface area contributed by atoms with Crippen molar-refractivity contribution in [2.75, 3.05) is 0 Å². The monoisotopic (exact) mass is 228 g/mol. The first kappa shape index (κ1) is 14.4. The smallest absolute Gasteiger partial charge is 0.137 e. The minimum absolute atomic E-state index is 0.0248. The molecular formula is C12H20O2S. The van der Waals surface area contributed by atoms with Crippen molar-refractivity contribution in [1.29, 1.82) is 0 Å². The van der Waals surface area contributed by atoms with Gasteiger partial charge in [0.1, 0.15) is 12.1 Å². The van der Waals surface area contributed by atoms with Crippen molar-refractivity contribution >= 4 is 24.7 Å². The molecule has 3 heteroatoms. The third-order valence-electron chi connectivity index (χ3n) is 2.80. The van der Waals surface area contributed by atoms with Gasteiger partial charge in [-0.2, -0.15) is 12.6 Å². The molecule has 2 nitrogen and oxygen atoms in total. The predicted molar refractivity (Wildman–Crippen MR) is 66.3 cm³/mol. The molecule has 0 radical (unpaired) electrons. The van der Waals surface area contributed by atoms with Crippen LogP contribution in [0.15, 0.2) is 11.6 Å². The van der Waals surface area contributed by atoms with Gasteiger partial charge in [-0.15, -0.1) is 0 Å². The Hall–Kier alpha value is -0.570. The third kappa shape index (κ3) is 4.20. The first-order valence-corrected chi connectivity index (χ1v) is 5.64. The Morgan fingerprint density at radius 1 is 1.40 bits per heavy atom. The van der Waals surface area contributed by atoms with Gasteiger partial charge in [0.25, 0.3) is 0 Å². The first-order valence-electron chi connectivity index (χ1n) is 5.12. The van der Waals surface area contributed by atoms with E-state index in [0.29, 0.717) is 6.42 Å². The number of ketones is 1. The molecule has 0 N–H and O–H groups in total. The minimum atomic E-state index is -0.642. The Kier molecular flexibility index (Phi) is 5.88. The van der Waals surface area contributed by atoms with Gasteiger partial charge >= 0.3 is 0 Å². The Labute approximate surface area is 97.5 Å². The average molecular weight is 228 g/mol. The van der Waals surface area contributed by atoms with Gasteiger partial charge in [-0.05, 0) is 33.6 Å². The Balaban J connectivity index is 4.60. The second kappa shape index (κ2) is 6.11. The van der Waals surface area contributed by atoms with Crippen LogP contribution in [0, 0.1) is 5.41 Å². The van der Waals surface area contributed by atoms with E-state index in [-0.39, 0.29) is 5.78 Å². The summed E-state index contributed by atoms with van der Waals surface area (Å²) in [4.78, 5) is 22.2. The van der Waals surface area contributed by atoms with Gasteiger partial charge in [-0.1, -0.05) is 18.6 Å². The van der Waals surface area contributed by atoms with E-state index in [1.54, 1.807) is 6.92 Å². The van der Waals surface area contributed by atoms with E-state index in [1.165, 1.54) is 12.5 Å². The maximum atomic E-state index is 11.5. The van der Waals surface area contributed by atoms with Gasteiger partial charge in [0.2, 0.25) is 0 Å². The largest absolute Gasteiger partial charge is 0.302 e. The van der Waals surface area contributed by atoms with Gasteiger partial charge < -0.3 is 4.79 Å². The number of rotatable bonds is 6. The van der Waals surface area contributed by atoms with Crippen LogP contribution in [-0.2, 0) is 9.59 Å². The topological polar surface area (TPSA) is 34.1 Å². The molecule has 0 heterocycles. The van der Waals surface area contributed by atoms with Crippen LogP contribution < -0.4 is 0 Å². The van der Waals surface area contributed by atoms with Crippen LogP contribution in [0.2, 0.25) is 0 Å². The third-order valence-corrected chi connectivity index (χ3v) is 3.49. The molecule has 2 atom stereocenters. The molecule has 0 rings (SSSR count). The summed E-state index contributed by atoms with van der Waals surface area (Å²) < 4.78 is 0. The van der Waals surface area contributed by atoms with Crippen molar-refractivity contribution in [3.05, 3.63) is 11.6 Å². The lowest BCUT2D eigenvalue weighted by Crippen LogP contribution is -2.36. The molecule has 0 amide bonds. The van der Waals surface area contributed by atoms with Crippen molar-refractivity contribution in [2.45, 2.75) is 45.8 Å². The van der Waals surface area contributed by atoms with Crippen LogP contribution >= 0.6 is 12.6 Å². The molecule has 0 fully saturated rings. The lowest BCUT2D eigenvalue weighted by atomic mass is 9.78. The number of Topliss-reactive ketones (excluding diaryl/α,β-unsaturated/α-hetero) is 1. The van der Waals surface area contributed by atoms with E-state index in [0.717, 1.165) is 12.7 Å². The maximum Gasteiger partial charge on any atom is 0.137 e. The van der Waals surface area contributed by atoms with Crippen LogP contribution in [0.4, 0.5) is 0 Å². The van der Waals surface area contributed by atoms with Crippen LogP contribution in [0.5, 0.6) is 0 Å². The van der Waals surface area contributed by atoms with Gasteiger partial charge in [0.15, 0.2) is 0 Å². The minimum Gasteiger partial charge on any atom is -0.302 e. The summed E-state index contributed by atoms with van der Waals surface area (Å²) in [6.45, 7) is 7.36. The van der Waals surface area contributed by atoms with Gasteiger partial charge in [0.05, 0.1) is 5.25 Å². The number of carbonyl (C=O) groups is 2. The molecule has 86 valence electrons. The molecule has 0 aromatic heterocycles. The molecule has 0 bridgehead atoms. The highest BCUT2D eigenvalue weighted by Gasteiger charge is 2.35. The molecule has 0 aromatic rings. The van der Waals surface area contributed by atoms with E-state index in [4.69, 9.17) is 0 Å². The van der Waals surface area contributed by atoms with E-state index in [9.17, 15) is 9.59 Å². The lowest BCUT2D eigenvalue weighted by molar-refractivity contribution is -0.128. The normalized spacial score (nSPS) is 16.3. The zero-order valence-corrected chi connectivity index (χ0v) is 10.8. The highest BCUT2D eigenvalue weighted by molar-refractivity contribution is 7.81. The molecule has 0 aliphatic carbocycles. The number of hydrogen-bond donors (Lipinski definition) is 1. The molecule has 0 aliphatic heterocycles. The highest BCUT2D eigenvalue weighted by Crippen LogP contribution is 2.31. The number of allylic oxidation sites excluding steroid dienone is 2. The average Bonchev–Trinajstić information content (AvgIpc) is 2.15. The van der Waals surface area contributed by atoms with Crippen LogP contribution in [-0.4, -0.2) is 17.3 Å². The Bertz CT molecular complexity index is 267. The highest BCUT2D eigenvalue weighted by atomic mass is 32.1. The summed E-state index contributed by atoms with van der Waals surface area (Å²) in [5.41, 5.74) is 0.583. The quantitative estimate of drug-likeness (QED) is 0.431. The van der Waals surface area contributed by atoms with Crippen LogP contribution in [0.1, 0.15) is 40.5 Å². The molecular weight excluding hydrogens is 208 g/mol. The van der Waals surface area contributed by atoms with E-state index in [1.807, 2.05) is 13.8 Å². The summed E-state index contributed by atoms with van der Waals surface area (Å²) in [7, 11) is 0. The molecule has 0 saturated heterocycles. The summed E-state index contributed by atoms with van der Waals surface area (Å²) >= 11 is 4.17. The molecule has 15 heavy (non-hydrogen) atoms. The maximum absolute atomic E-state index is 11.5. The SMILES string of the molecule is CC(=O)C(C)(CCC=C(C)C)C(S)C=O. The second-order valence-corrected chi connectivity index (χ2v) is 4.93. The Morgan fingerprint density at radius 3 is 2.27 bits per heavy atom. The molecule has 0 aliphatic rings. The number of aldehydes is 1. The van der Waals surface area contributed by atoms with Gasteiger partial charge in [0, 0.05) is 5.41 Å². The predicted octanol–water partition coefficient (Wildman–Crippen LogP) is 2.83. The first-order chi connectivity index (χ1) is 6.84. The number of carbonyl (C=O) groups excluding carboxylic acids is 2. The fraction of sp³-hybridized carbons (Fsp3) is 0.667. The fourth-order valence-electron chi connectivity index (χ4n) is 1.34. The number of thiol groups is 1. The molecule has 0 aromatic carbocycles. The van der Waals surface area contributed by atoms with Crippen LogP contribution in [0.3, 0.4) is 0 Å². The van der Waals surface area contributed by atoms with Gasteiger partial charge in [-0.3, -0.25) is 4.79 Å². The van der Waals surface area contributed by atoms with Crippen LogP contribution in [0.25, 0.3) is 0 Å². The lowest BCUT2D eigenvalue weighted by Gasteiger charge is -2.28. The van der Waals surface area contributed by atoms with Crippen molar-refractivity contribution in [1.82, 2.24) is 0 Å². The molecule has 0 spiro atoms. The van der Waals surface area contributed by atoms with E-state index < -0.39 is 10.7 Å². The van der Waals surface area contributed by atoms with E-state index in [2.05, 4.69) is 18.7 Å². The van der Waals surface area contributed by atoms with Crippen molar-refractivity contribution in [3.8, 4) is 0 Å². The van der Waals surface area contributed by atoms with E-state index >= 15 is 0 Å².